The van der Waals surface area contributed by atoms with E-state index in [1.165, 1.54) is 24.3 Å². The van der Waals surface area contributed by atoms with E-state index in [1.807, 2.05) is 0 Å². The number of benzene rings is 3. The Morgan fingerprint density at radius 2 is 1.81 bits per heavy atom. The molecule has 0 unspecified atom stereocenters. The van der Waals surface area contributed by atoms with E-state index in [0.717, 1.165) is 16.7 Å². The number of hydrogen-bond donors (Lipinski definition) is 0. The largest absolute Gasteiger partial charge is 0.490 e. The minimum atomic E-state index is -0.594. The molecule has 36 heavy (non-hydrogen) atoms. The van der Waals surface area contributed by atoms with Crippen LogP contribution in [0.1, 0.15) is 28.4 Å². The van der Waals surface area contributed by atoms with E-state index in [0.29, 0.717) is 32.8 Å². The molecule has 6 nitrogen and oxygen atoms in total. The van der Waals surface area contributed by atoms with E-state index in [1.54, 1.807) is 49.4 Å². The third kappa shape index (κ3) is 5.98. The molecule has 0 saturated carbocycles. The summed E-state index contributed by atoms with van der Waals surface area (Å²) in [6.45, 7) is 2.12. The minimum Gasteiger partial charge on any atom is -0.490 e. The summed E-state index contributed by atoms with van der Waals surface area (Å²) in [7, 11) is 0. The Morgan fingerprint density at radius 3 is 2.47 bits per heavy atom. The molecule has 0 N–H and O–H groups in total. The highest BCUT2D eigenvalue weighted by atomic mass is 79.9. The van der Waals surface area contributed by atoms with Gasteiger partial charge in [-0.1, -0.05) is 23.7 Å². The molecule has 0 aromatic heterocycles. The Balaban J connectivity index is 1.57. The fourth-order valence-corrected chi connectivity index (χ4v) is 4.84. The van der Waals surface area contributed by atoms with E-state index in [-0.39, 0.29) is 22.9 Å². The zero-order valence-corrected chi connectivity index (χ0v) is 22.0. The minimum absolute atomic E-state index is 0.0375. The molecule has 2 amide bonds. The van der Waals surface area contributed by atoms with Crippen LogP contribution in [-0.4, -0.2) is 28.6 Å². The molecule has 1 heterocycles. The van der Waals surface area contributed by atoms with Crippen molar-refractivity contribution in [2.75, 3.05) is 6.61 Å². The molecule has 1 saturated heterocycles. The van der Waals surface area contributed by atoms with E-state index in [2.05, 4.69) is 15.9 Å². The van der Waals surface area contributed by atoms with Crippen LogP contribution in [0.4, 0.5) is 9.18 Å². The second-order valence-corrected chi connectivity index (χ2v) is 9.84. The number of imide groups is 1. The molecule has 10 heteroatoms. The summed E-state index contributed by atoms with van der Waals surface area (Å²) < 4.78 is 24.8. The van der Waals surface area contributed by atoms with Crippen LogP contribution in [0.3, 0.4) is 0 Å². The van der Waals surface area contributed by atoms with Gasteiger partial charge in [-0.15, -0.1) is 0 Å². The smallest absolute Gasteiger partial charge is 0.343 e. The van der Waals surface area contributed by atoms with Crippen LogP contribution in [-0.2, 0) is 11.3 Å². The quantitative estimate of drug-likeness (QED) is 0.166. The zero-order chi connectivity index (χ0) is 25.8. The van der Waals surface area contributed by atoms with Gasteiger partial charge < -0.3 is 9.47 Å². The number of halogens is 3. The monoisotopic (exact) mass is 589 g/mol. The molecule has 4 rings (SSSR count). The first-order chi connectivity index (χ1) is 17.2. The fraction of sp³-hybridized carbons (Fsp3) is 0.115. The van der Waals surface area contributed by atoms with Gasteiger partial charge in [0.15, 0.2) is 11.5 Å². The van der Waals surface area contributed by atoms with Crippen molar-refractivity contribution in [2.24, 2.45) is 0 Å². The Hall–Kier alpha value is -3.14. The number of carbonyl (C=O) groups excluding carboxylic acids is 3. The summed E-state index contributed by atoms with van der Waals surface area (Å²) in [5, 5.41) is 0.0716. The number of hydrogen-bond acceptors (Lipinski definition) is 6. The summed E-state index contributed by atoms with van der Waals surface area (Å²) in [6, 6.07) is 15.1. The van der Waals surface area contributed by atoms with Gasteiger partial charge in [-0.25, -0.2) is 9.18 Å². The van der Waals surface area contributed by atoms with Crippen LogP contribution in [0.5, 0.6) is 11.5 Å². The highest BCUT2D eigenvalue weighted by Gasteiger charge is 2.35. The third-order valence-corrected chi connectivity index (χ3v) is 6.78. The van der Waals surface area contributed by atoms with Gasteiger partial charge in [0.1, 0.15) is 5.82 Å². The van der Waals surface area contributed by atoms with Crippen molar-refractivity contribution in [3.63, 3.8) is 0 Å². The predicted octanol–water partition coefficient (Wildman–Crippen LogP) is 7.10. The Kier molecular flexibility index (Phi) is 8.13. The molecule has 3 aromatic rings. The Morgan fingerprint density at radius 1 is 1.11 bits per heavy atom. The molecule has 0 radical (unpaired) electrons. The standard InChI is InChI=1S/C26H18BrClFNO5S/c1-2-34-21-12-16(11-20(27)23(21)35-25(32)17-5-7-18(28)8-6-17)13-22-24(31)30(26(33)36-22)14-15-3-9-19(29)10-4-15/h3-13H,2,14H2,1H3/b22-13-. The van der Waals surface area contributed by atoms with Crippen molar-refractivity contribution in [1.82, 2.24) is 4.90 Å². The molecule has 0 atom stereocenters. The lowest BCUT2D eigenvalue weighted by molar-refractivity contribution is -0.123. The highest BCUT2D eigenvalue weighted by Crippen LogP contribution is 2.40. The van der Waals surface area contributed by atoms with Gasteiger partial charge in [-0.2, -0.15) is 0 Å². The maximum atomic E-state index is 13.2. The van der Waals surface area contributed by atoms with Crippen molar-refractivity contribution in [2.45, 2.75) is 13.5 Å². The number of thioether (sulfide) groups is 1. The number of carbonyl (C=O) groups is 3. The summed E-state index contributed by atoms with van der Waals surface area (Å²) in [5.41, 5.74) is 1.50. The lowest BCUT2D eigenvalue weighted by Crippen LogP contribution is -2.27. The molecular formula is C26H18BrClFNO5S. The van der Waals surface area contributed by atoms with E-state index in [4.69, 9.17) is 21.1 Å². The van der Waals surface area contributed by atoms with Crippen LogP contribution in [0.15, 0.2) is 70.0 Å². The summed E-state index contributed by atoms with van der Waals surface area (Å²) in [4.78, 5) is 39.3. The lowest BCUT2D eigenvalue weighted by atomic mass is 10.1. The molecule has 1 aliphatic rings. The van der Waals surface area contributed by atoms with E-state index >= 15 is 0 Å². The molecule has 3 aromatic carbocycles. The zero-order valence-electron chi connectivity index (χ0n) is 18.8. The molecule has 1 aliphatic heterocycles. The first-order valence-electron chi connectivity index (χ1n) is 10.7. The van der Waals surface area contributed by atoms with Crippen LogP contribution in [0.25, 0.3) is 6.08 Å². The lowest BCUT2D eigenvalue weighted by Gasteiger charge is -2.14. The van der Waals surface area contributed by atoms with Crippen LogP contribution in [0.2, 0.25) is 5.02 Å². The normalized spacial score (nSPS) is 14.4. The van der Waals surface area contributed by atoms with Gasteiger partial charge in [0.05, 0.1) is 28.1 Å². The maximum absolute atomic E-state index is 13.2. The first-order valence-corrected chi connectivity index (χ1v) is 12.7. The van der Waals surface area contributed by atoms with Crippen molar-refractivity contribution in [3.05, 3.63) is 97.6 Å². The number of esters is 1. The van der Waals surface area contributed by atoms with E-state index < -0.39 is 22.9 Å². The molecule has 0 spiro atoms. The molecule has 0 bridgehead atoms. The summed E-state index contributed by atoms with van der Waals surface area (Å²) >= 11 is 10.1. The van der Waals surface area contributed by atoms with Crippen LogP contribution >= 0.6 is 39.3 Å². The van der Waals surface area contributed by atoms with Gasteiger partial charge >= 0.3 is 5.97 Å². The number of ether oxygens (including phenoxy) is 2. The highest BCUT2D eigenvalue weighted by molar-refractivity contribution is 9.10. The van der Waals surface area contributed by atoms with Crippen molar-refractivity contribution in [1.29, 1.82) is 0 Å². The second-order valence-electron chi connectivity index (χ2n) is 7.55. The van der Waals surface area contributed by atoms with Gasteiger partial charge in [0, 0.05) is 5.02 Å². The SMILES string of the molecule is CCOc1cc(/C=C2\SC(=O)N(Cc3ccc(F)cc3)C2=O)cc(Br)c1OC(=O)c1ccc(Cl)cc1. The average Bonchev–Trinajstić information content (AvgIpc) is 3.10. The molecular weight excluding hydrogens is 573 g/mol. The summed E-state index contributed by atoms with van der Waals surface area (Å²) in [5.74, 6) is -0.986. The van der Waals surface area contributed by atoms with Crippen molar-refractivity contribution in [3.8, 4) is 11.5 Å². The van der Waals surface area contributed by atoms with Gasteiger partial charge in [-0.05, 0) is 100 Å². The summed E-state index contributed by atoms with van der Waals surface area (Å²) in [6.07, 6.45) is 1.56. The Bertz CT molecular complexity index is 1360. The molecule has 1 fully saturated rings. The second kappa shape index (κ2) is 11.3. The fourth-order valence-electron chi connectivity index (χ4n) is 3.33. The number of nitrogens with zero attached hydrogens (tertiary/aromatic N) is 1. The van der Waals surface area contributed by atoms with Gasteiger partial charge in [0.2, 0.25) is 0 Å². The van der Waals surface area contributed by atoms with Gasteiger partial charge in [0.25, 0.3) is 11.1 Å². The molecule has 0 aliphatic carbocycles. The van der Waals surface area contributed by atoms with Crippen molar-refractivity contribution >= 4 is 62.5 Å². The van der Waals surface area contributed by atoms with Crippen LogP contribution < -0.4 is 9.47 Å². The van der Waals surface area contributed by atoms with Crippen molar-refractivity contribution < 1.29 is 28.2 Å². The number of rotatable bonds is 7. The Labute approximate surface area is 224 Å². The average molecular weight is 591 g/mol. The third-order valence-electron chi connectivity index (χ3n) is 5.03. The first kappa shape index (κ1) is 25.9. The maximum Gasteiger partial charge on any atom is 0.343 e. The number of amides is 2. The topological polar surface area (TPSA) is 72.9 Å². The predicted molar refractivity (Wildman–Crippen MR) is 140 cm³/mol. The van der Waals surface area contributed by atoms with Crippen LogP contribution in [0, 0.1) is 5.82 Å². The molecule has 184 valence electrons. The van der Waals surface area contributed by atoms with Gasteiger partial charge in [-0.3, -0.25) is 14.5 Å². The van der Waals surface area contributed by atoms with E-state index in [9.17, 15) is 18.8 Å².